The zero-order chi connectivity index (χ0) is 17.8. The maximum atomic E-state index is 10.9. The van der Waals surface area contributed by atoms with E-state index in [1.165, 1.54) is 6.92 Å². The van der Waals surface area contributed by atoms with E-state index in [4.69, 9.17) is 32.4 Å². The molecular weight excluding hydrogens is 361 g/mol. The van der Waals surface area contributed by atoms with Gasteiger partial charge in [0.25, 0.3) is 0 Å². The molecule has 1 aromatic heterocycles. The lowest BCUT2D eigenvalue weighted by atomic mass is 10.1. The van der Waals surface area contributed by atoms with Gasteiger partial charge in [-0.2, -0.15) is 0 Å². The third kappa shape index (κ3) is 4.47. The van der Waals surface area contributed by atoms with Crippen molar-refractivity contribution in [1.29, 1.82) is 0 Å². The Bertz CT molecular complexity index is 905. The quantitative estimate of drug-likeness (QED) is 0.657. The van der Waals surface area contributed by atoms with Crippen LogP contribution < -0.4 is 10.1 Å². The molecule has 3 rings (SSSR count). The van der Waals surface area contributed by atoms with E-state index in [9.17, 15) is 4.79 Å². The van der Waals surface area contributed by atoms with E-state index in [0.717, 1.165) is 22.1 Å². The van der Waals surface area contributed by atoms with Gasteiger partial charge in [-0.15, -0.1) is 0 Å². The van der Waals surface area contributed by atoms with Gasteiger partial charge in [-0.1, -0.05) is 29.3 Å². The summed E-state index contributed by atoms with van der Waals surface area (Å²) in [5, 5.41) is 4.97. The van der Waals surface area contributed by atoms with Gasteiger partial charge in [0.1, 0.15) is 17.9 Å². The molecule has 3 aromatic rings. The molecule has 1 amide bonds. The minimum Gasteiger partial charge on any atom is -0.489 e. The number of hydrogen-bond acceptors (Lipinski definition) is 3. The highest BCUT2D eigenvalue weighted by atomic mass is 35.5. The highest BCUT2D eigenvalue weighted by Crippen LogP contribution is 2.27. The van der Waals surface area contributed by atoms with Crippen molar-refractivity contribution in [3.8, 4) is 5.75 Å². The second-order valence-electron chi connectivity index (χ2n) is 5.68. The summed E-state index contributed by atoms with van der Waals surface area (Å²) in [7, 11) is 0. The molecule has 0 unspecified atom stereocenters. The number of fused-ring (bicyclic) bond motifs is 1. The summed E-state index contributed by atoms with van der Waals surface area (Å²) < 4.78 is 11.4. The van der Waals surface area contributed by atoms with Crippen LogP contribution in [-0.2, 0) is 17.8 Å². The van der Waals surface area contributed by atoms with Crippen LogP contribution in [0.3, 0.4) is 0 Å². The third-order valence-corrected chi connectivity index (χ3v) is 4.39. The largest absolute Gasteiger partial charge is 0.489 e. The minimum absolute atomic E-state index is 0.0376. The molecule has 0 saturated heterocycles. The molecule has 0 spiro atoms. The first kappa shape index (κ1) is 17.6. The van der Waals surface area contributed by atoms with E-state index < -0.39 is 0 Å². The van der Waals surface area contributed by atoms with Crippen LogP contribution in [0.2, 0.25) is 10.0 Å². The van der Waals surface area contributed by atoms with Gasteiger partial charge in [0, 0.05) is 40.5 Å². The predicted octanol–water partition coefficient (Wildman–Crippen LogP) is 5.00. The molecule has 4 nitrogen and oxygen atoms in total. The lowest BCUT2D eigenvalue weighted by Gasteiger charge is -2.08. The second-order valence-corrected chi connectivity index (χ2v) is 6.52. The van der Waals surface area contributed by atoms with E-state index in [1.807, 2.05) is 24.3 Å². The van der Waals surface area contributed by atoms with Crippen molar-refractivity contribution in [3.63, 3.8) is 0 Å². The van der Waals surface area contributed by atoms with E-state index in [1.54, 1.807) is 18.4 Å². The topological polar surface area (TPSA) is 51.5 Å². The Morgan fingerprint density at radius 2 is 2.00 bits per heavy atom. The highest BCUT2D eigenvalue weighted by molar-refractivity contribution is 6.35. The molecule has 6 heteroatoms. The molecule has 0 fully saturated rings. The number of benzene rings is 2. The minimum atomic E-state index is -0.0376. The number of rotatable bonds is 6. The highest BCUT2D eigenvalue weighted by Gasteiger charge is 2.08. The van der Waals surface area contributed by atoms with Crippen LogP contribution in [0.1, 0.15) is 18.1 Å². The van der Waals surface area contributed by atoms with E-state index in [0.29, 0.717) is 35.4 Å². The van der Waals surface area contributed by atoms with Gasteiger partial charge in [0.05, 0.1) is 6.26 Å². The Kier molecular flexibility index (Phi) is 5.51. The standard InChI is InChI=1S/C19H17Cl2NO3/c1-12(23)22-7-6-13-10-25-19-9-16(4-5-17(13)19)24-11-14-2-3-15(20)8-18(14)21/h2-5,8-10H,6-7,11H2,1H3,(H,22,23). The van der Waals surface area contributed by atoms with Crippen LogP contribution >= 0.6 is 23.2 Å². The molecule has 2 aromatic carbocycles. The maximum absolute atomic E-state index is 10.9. The van der Waals surface area contributed by atoms with Crippen molar-refractivity contribution in [2.75, 3.05) is 6.54 Å². The number of hydrogen-bond donors (Lipinski definition) is 1. The molecule has 0 bridgehead atoms. The van der Waals surface area contributed by atoms with Gasteiger partial charge in [-0.05, 0) is 36.2 Å². The van der Waals surface area contributed by atoms with E-state index >= 15 is 0 Å². The first-order valence-electron chi connectivity index (χ1n) is 7.84. The molecule has 0 atom stereocenters. The fourth-order valence-corrected chi connectivity index (χ4v) is 2.98. The van der Waals surface area contributed by atoms with Crippen molar-refractivity contribution >= 4 is 40.1 Å². The number of furan rings is 1. The Labute approximate surface area is 155 Å². The van der Waals surface area contributed by atoms with Crippen LogP contribution in [-0.4, -0.2) is 12.5 Å². The Morgan fingerprint density at radius 3 is 2.76 bits per heavy atom. The Morgan fingerprint density at radius 1 is 1.16 bits per heavy atom. The van der Waals surface area contributed by atoms with Gasteiger partial charge >= 0.3 is 0 Å². The summed E-state index contributed by atoms with van der Waals surface area (Å²) in [6, 6.07) is 11.0. The van der Waals surface area contributed by atoms with Crippen molar-refractivity contribution < 1.29 is 13.9 Å². The van der Waals surface area contributed by atoms with Gasteiger partial charge in [0.15, 0.2) is 0 Å². The number of amides is 1. The molecule has 0 aliphatic heterocycles. The van der Waals surface area contributed by atoms with Gasteiger partial charge in [-0.25, -0.2) is 0 Å². The molecule has 1 N–H and O–H groups in total. The van der Waals surface area contributed by atoms with Crippen LogP contribution in [0.5, 0.6) is 5.75 Å². The van der Waals surface area contributed by atoms with Crippen LogP contribution in [0, 0.1) is 0 Å². The summed E-state index contributed by atoms with van der Waals surface area (Å²) in [5.74, 6) is 0.658. The molecule has 25 heavy (non-hydrogen) atoms. The summed E-state index contributed by atoms with van der Waals surface area (Å²) in [6.45, 7) is 2.43. The zero-order valence-electron chi connectivity index (χ0n) is 13.6. The van der Waals surface area contributed by atoms with E-state index in [2.05, 4.69) is 5.32 Å². The van der Waals surface area contributed by atoms with Gasteiger partial charge in [0.2, 0.25) is 5.91 Å². The summed E-state index contributed by atoms with van der Waals surface area (Å²) >= 11 is 12.0. The molecule has 130 valence electrons. The lowest BCUT2D eigenvalue weighted by Crippen LogP contribution is -2.22. The number of halogens is 2. The fraction of sp³-hybridized carbons (Fsp3) is 0.211. The maximum Gasteiger partial charge on any atom is 0.216 e. The van der Waals surface area contributed by atoms with Gasteiger partial charge in [-0.3, -0.25) is 4.79 Å². The first-order valence-corrected chi connectivity index (χ1v) is 8.60. The number of carbonyl (C=O) groups excluding carboxylic acids is 1. The Balaban J connectivity index is 1.68. The lowest BCUT2D eigenvalue weighted by molar-refractivity contribution is -0.118. The second kappa shape index (κ2) is 7.81. The zero-order valence-corrected chi connectivity index (χ0v) is 15.2. The average molecular weight is 378 g/mol. The molecular formula is C19H17Cl2NO3. The Hall–Kier alpha value is -2.17. The molecule has 1 heterocycles. The fourth-order valence-electron chi connectivity index (χ4n) is 2.52. The van der Waals surface area contributed by atoms with Gasteiger partial charge < -0.3 is 14.5 Å². The number of nitrogens with one attached hydrogen (secondary N) is 1. The van der Waals surface area contributed by atoms with E-state index in [-0.39, 0.29) is 5.91 Å². The first-order chi connectivity index (χ1) is 12.0. The predicted molar refractivity (Wildman–Crippen MR) is 99.4 cm³/mol. The normalized spacial score (nSPS) is 10.8. The molecule has 0 saturated carbocycles. The van der Waals surface area contributed by atoms with Crippen molar-refractivity contribution in [2.45, 2.75) is 20.0 Å². The molecule has 0 radical (unpaired) electrons. The third-order valence-electron chi connectivity index (χ3n) is 3.80. The smallest absolute Gasteiger partial charge is 0.216 e. The molecule has 0 aliphatic rings. The summed E-state index contributed by atoms with van der Waals surface area (Å²) in [5.41, 5.74) is 2.66. The van der Waals surface area contributed by atoms with Crippen molar-refractivity contribution in [3.05, 3.63) is 63.8 Å². The summed E-state index contributed by atoms with van der Waals surface area (Å²) in [4.78, 5) is 10.9. The molecule has 0 aliphatic carbocycles. The van der Waals surface area contributed by atoms with Crippen LogP contribution in [0.15, 0.2) is 47.1 Å². The van der Waals surface area contributed by atoms with Crippen molar-refractivity contribution in [1.82, 2.24) is 5.32 Å². The number of carbonyl (C=O) groups is 1. The monoisotopic (exact) mass is 377 g/mol. The summed E-state index contributed by atoms with van der Waals surface area (Å²) in [6.07, 6.45) is 2.43. The van der Waals surface area contributed by atoms with Crippen LogP contribution in [0.4, 0.5) is 0 Å². The number of ether oxygens (including phenoxy) is 1. The SMILES string of the molecule is CC(=O)NCCc1coc2cc(OCc3ccc(Cl)cc3Cl)ccc12. The van der Waals surface area contributed by atoms with Crippen molar-refractivity contribution in [2.24, 2.45) is 0 Å². The average Bonchev–Trinajstić information content (AvgIpc) is 2.96. The van der Waals surface area contributed by atoms with Crippen LogP contribution in [0.25, 0.3) is 11.0 Å².